The summed E-state index contributed by atoms with van der Waals surface area (Å²) in [6, 6.07) is 7.24. The van der Waals surface area contributed by atoms with E-state index < -0.39 is 0 Å². The third-order valence-corrected chi connectivity index (χ3v) is 2.34. The van der Waals surface area contributed by atoms with Crippen molar-refractivity contribution in [3.05, 3.63) is 42.9 Å². The maximum Gasteiger partial charge on any atom is 0.320 e. The van der Waals surface area contributed by atoms with Crippen LogP contribution in [0.5, 0.6) is 0 Å². The number of aromatic nitrogens is 2. The van der Waals surface area contributed by atoms with E-state index in [1.165, 1.54) is 0 Å². The van der Waals surface area contributed by atoms with Crippen LogP contribution in [-0.2, 0) is 0 Å². The van der Waals surface area contributed by atoms with Gasteiger partial charge in [0.15, 0.2) is 0 Å². The van der Waals surface area contributed by atoms with Crippen molar-refractivity contribution in [3.8, 4) is 11.1 Å². The van der Waals surface area contributed by atoms with Gasteiger partial charge in [0.05, 0.1) is 0 Å². The van der Waals surface area contributed by atoms with Crippen LogP contribution in [0.25, 0.3) is 11.1 Å². The van der Waals surface area contributed by atoms with Crippen LogP contribution in [0.4, 0.5) is 10.6 Å². The first kappa shape index (κ1) is 12.0. The number of anilines is 1. The standard InChI is InChI=1S/C13H14N4O/c1-2-15-13(18)17-12-6-5-11(9-16-12)10-4-3-7-14-8-10/h3-9H,2H2,1H3,(H2,15,16,17,18). The van der Waals surface area contributed by atoms with Crippen molar-refractivity contribution >= 4 is 11.8 Å². The largest absolute Gasteiger partial charge is 0.338 e. The predicted octanol–water partition coefficient (Wildman–Crippen LogP) is 2.29. The molecule has 0 aliphatic carbocycles. The van der Waals surface area contributed by atoms with E-state index in [0.29, 0.717) is 12.4 Å². The second-order valence-corrected chi connectivity index (χ2v) is 3.66. The molecule has 0 fully saturated rings. The lowest BCUT2D eigenvalue weighted by Gasteiger charge is -2.05. The fourth-order valence-corrected chi connectivity index (χ4v) is 1.49. The molecule has 0 saturated heterocycles. The summed E-state index contributed by atoms with van der Waals surface area (Å²) >= 11 is 0. The molecule has 2 amide bonds. The summed E-state index contributed by atoms with van der Waals surface area (Å²) in [6.07, 6.45) is 5.20. The molecule has 0 bridgehead atoms. The van der Waals surface area contributed by atoms with Gasteiger partial charge in [-0.15, -0.1) is 0 Å². The van der Waals surface area contributed by atoms with Gasteiger partial charge in [0.2, 0.25) is 0 Å². The van der Waals surface area contributed by atoms with Crippen LogP contribution >= 0.6 is 0 Å². The van der Waals surface area contributed by atoms with E-state index in [9.17, 15) is 4.79 Å². The van der Waals surface area contributed by atoms with E-state index in [2.05, 4.69) is 20.6 Å². The third-order valence-electron chi connectivity index (χ3n) is 2.34. The van der Waals surface area contributed by atoms with Crippen molar-refractivity contribution < 1.29 is 4.79 Å². The molecule has 0 aromatic carbocycles. The summed E-state index contributed by atoms with van der Waals surface area (Å²) in [5.74, 6) is 0.522. The Kier molecular flexibility index (Phi) is 3.86. The summed E-state index contributed by atoms with van der Waals surface area (Å²) in [7, 11) is 0. The van der Waals surface area contributed by atoms with Crippen LogP contribution in [0.2, 0.25) is 0 Å². The molecule has 2 rings (SSSR count). The molecule has 0 atom stereocenters. The summed E-state index contributed by atoms with van der Waals surface area (Å²) in [5.41, 5.74) is 1.96. The number of amides is 2. The Morgan fingerprint density at radius 2 is 2.06 bits per heavy atom. The smallest absolute Gasteiger partial charge is 0.320 e. The molecule has 0 aliphatic rings. The van der Waals surface area contributed by atoms with Gasteiger partial charge in [-0.2, -0.15) is 0 Å². The van der Waals surface area contributed by atoms with Gasteiger partial charge in [-0.25, -0.2) is 9.78 Å². The molecule has 0 radical (unpaired) electrons. The molecule has 92 valence electrons. The zero-order valence-corrected chi connectivity index (χ0v) is 10.1. The van der Waals surface area contributed by atoms with Crippen LogP contribution in [0.3, 0.4) is 0 Å². The highest BCUT2D eigenvalue weighted by Crippen LogP contribution is 2.17. The average molecular weight is 242 g/mol. The van der Waals surface area contributed by atoms with Crippen LogP contribution in [-0.4, -0.2) is 22.5 Å². The maximum atomic E-state index is 11.3. The van der Waals surface area contributed by atoms with Gasteiger partial charge < -0.3 is 5.32 Å². The van der Waals surface area contributed by atoms with Crippen molar-refractivity contribution in [3.63, 3.8) is 0 Å². The van der Waals surface area contributed by atoms with Crippen LogP contribution in [0.1, 0.15) is 6.92 Å². The highest BCUT2D eigenvalue weighted by atomic mass is 16.2. The van der Waals surface area contributed by atoms with Gasteiger partial charge in [-0.3, -0.25) is 10.3 Å². The number of rotatable bonds is 3. The minimum absolute atomic E-state index is 0.251. The molecule has 2 N–H and O–H groups in total. The van der Waals surface area contributed by atoms with Gasteiger partial charge in [0.25, 0.3) is 0 Å². The van der Waals surface area contributed by atoms with Gasteiger partial charge in [0.1, 0.15) is 5.82 Å². The molecule has 18 heavy (non-hydrogen) atoms. The number of pyridine rings is 2. The Morgan fingerprint density at radius 1 is 1.22 bits per heavy atom. The predicted molar refractivity (Wildman–Crippen MR) is 70.2 cm³/mol. The third kappa shape index (κ3) is 3.04. The lowest BCUT2D eigenvalue weighted by atomic mass is 10.1. The van der Waals surface area contributed by atoms with Gasteiger partial charge in [-0.1, -0.05) is 6.07 Å². The van der Waals surface area contributed by atoms with E-state index in [-0.39, 0.29) is 6.03 Å². The van der Waals surface area contributed by atoms with Crippen molar-refractivity contribution in [2.45, 2.75) is 6.92 Å². The Hall–Kier alpha value is -2.43. The SMILES string of the molecule is CCNC(=O)Nc1ccc(-c2cccnc2)cn1. The van der Waals surface area contributed by atoms with Crippen molar-refractivity contribution in [2.24, 2.45) is 0 Å². The van der Waals surface area contributed by atoms with E-state index in [1.54, 1.807) is 24.7 Å². The van der Waals surface area contributed by atoms with Gasteiger partial charge in [0, 0.05) is 36.3 Å². The number of nitrogens with zero attached hydrogens (tertiary/aromatic N) is 2. The van der Waals surface area contributed by atoms with Crippen LogP contribution in [0, 0.1) is 0 Å². The zero-order chi connectivity index (χ0) is 12.8. The van der Waals surface area contributed by atoms with Crippen molar-refractivity contribution in [1.29, 1.82) is 0 Å². The summed E-state index contributed by atoms with van der Waals surface area (Å²) in [5, 5.41) is 5.28. The molecule has 0 aliphatic heterocycles. The molecule has 2 aromatic rings. The van der Waals surface area contributed by atoms with Gasteiger partial charge >= 0.3 is 6.03 Å². The summed E-state index contributed by atoms with van der Waals surface area (Å²) < 4.78 is 0. The second kappa shape index (κ2) is 5.77. The highest BCUT2D eigenvalue weighted by molar-refractivity contribution is 5.88. The fraction of sp³-hybridized carbons (Fsp3) is 0.154. The summed E-state index contributed by atoms with van der Waals surface area (Å²) in [6.45, 7) is 2.44. The lowest BCUT2D eigenvalue weighted by molar-refractivity contribution is 0.252. The quantitative estimate of drug-likeness (QED) is 0.867. The Morgan fingerprint density at radius 3 is 2.67 bits per heavy atom. The molecular formula is C13H14N4O. The fourth-order valence-electron chi connectivity index (χ4n) is 1.49. The molecule has 5 nitrogen and oxygen atoms in total. The number of nitrogens with one attached hydrogen (secondary N) is 2. The number of carbonyl (C=O) groups is 1. The van der Waals surface area contributed by atoms with E-state index in [4.69, 9.17) is 0 Å². The first-order chi connectivity index (χ1) is 8.79. The van der Waals surface area contributed by atoms with E-state index in [1.807, 2.05) is 25.1 Å². The molecule has 2 heterocycles. The molecule has 0 saturated carbocycles. The van der Waals surface area contributed by atoms with E-state index in [0.717, 1.165) is 11.1 Å². The summed E-state index contributed by atoms with van der Waals surface area (Å²) in [4.78, 5) is 19.5. The van der Waals surface area contributed by atoms with Crippen LogP contribution < -0.4 is 10.6 Å². The Labute approximate surface area is 105 Å². The van der Waals surface area contributed by atoms with Crippen molar-refractivity contribution in [2.75, 3.05) is 11.9 Å². The zero-order valence-electron chi connectivity index (χ0n) is 10.1. The number of carbonyl (C=O) groups excluding carboxylic acids is 1. The van der Waals surface area contributed by atoms with Crippen LogP contribution in [0.15, 0.2) is 42.9 Å². The number of hydrogen-bond acceptors (Lipinski definition) is 3. The lowest BCUT2D eigenvalue weighted by Crippen LogP contribution is -2.28. The molecule has 0 spiro atoms. The average Bonchev–Trinajstić information content (AvgIpc) is 2.41. The Balaban J connectivity index is 2.09. The minimum atomic E-state index is -0.251. The molecule has 2 aromatic heterocycles. The molecule has 5 heteroatoms. The first-order valence-electron chi connectivity index (χ1n) is 5.71. The molecule has 0 unspecified atom stereocenters. The first-order valence-corrected chi connectivity index (χ1v) is 5.71. The normalized spacial score (nSPS) is 9.83. The van der Waals surface area contributed by atoms with Crippen molar-refractivity contribution in [1.82, 2.24) is 15.3 Å². The second-order valence-electron chi connectivity index (χ2n) is 3.66. The monoisotopic (exact) mass is 242 g/mol. The van der Waals surface area contributed by atoms with Gasteiger partial charge in [-0.05, 0) is 25.1 Å². The minimum Gasteiger partial charge on any atom is -0.338 e. The maximum absolute atomic E-state index is 11.3. The number of urea groups is 1. The topological polar surface area (TPSA) is 66.9 Å². The highest BCUT2D eigenvalue weighted by Gasteiger charge is 2.02. The van der Waals surface area contributed by atoms with E-state index >= 15 is 0 Å². The number of hydrogen-bond donors (Lipinski definition) is 2. The molecular weight excluding hydrogens is 228 g/mol. The Bertz CT molecular complexity index is 510.